The molecule has 0 radical (unpaired) electrons. The molecule has 6 heterocycles. The summed E-state index contributed by atoms with van der Waals surface area (Å²) in [5.74, 6) is 2.92. The third kappa shape index (κ3) is 6.21. The number of fused-ring (bicyclic) bond motifs is 1. The van der Waals surface area contributed by atoms with Crippen molar-refractivity contribution in [3.05, 3.63) is 82.0 Å². The molecule has 242 valence electrons. The Morgan fingerprint density at radius 2 is 1.02 bits per heavy atom. The predicted octanol–water partition coefficient (Wildman–Crippen LogP) is 10.6. The van der Waals surface area contributed by atoms with Gasteiger partial charge in [-0.15, -0.1) is 22.7 Å². The molecule has 4 aromatic rings. The summed E-state index contributed by atoms with van der Waals surface area (Å²) in [6.45, 7) is 9.85. The molecule has 0 aromatic carbocycles. The van der Waals surface area contributed by atoms with Gasteiger partial charge in [0.25, 0.3) is 11.8 Å². The van der Waals surface area contributed by atoms with Crippen molar-refractivity contribution in [1.29, 1.82) is 0 Å². The summed E-state index contributed by atoms with van der Waals surface area (Å²) < 4.78 is 12.9. The van der Waals surface area contributed by atoms with Crippen LogP contribution in [0.15, 0.2) is 79.3 Å². The first-order valence-electron chi connectivity index (χ1n) is 16.9. The lowest BCUT2D eigenvalue weighted by atomic mass is 9.98. The maximum absolute atomic E-state index is 14.7. The highest BCUT2D eigenvalue weighted by atomic mass is 32.1. The fraction of sp³-hybridized carbons (Fsp3) is 0.421. The van der Waals surface area contributed by atoms with Gasteiger partial charge in [-0.1, -0.05) is 78.4 Å². The Kier molecular flexibility index (Phi) is 10.1. The van der Waals surface area contributed by atoms with E-state index in [2.05, 4.69) is 27.7 Å². The van der Waals surface area contributed by atoms with E-state index in [4.69, 9.17) is 8.83 Å². The SMILES string of the molecule is CCCCC(CC)CN1C(=O)C2=C(c3ccc(-c4cccs4)o3)N(CC(CC)CCCC)C(=O)C2=C1c1ccc(-c2cccs2)o1. The zero-order valence-corrected chi connectivity index (χ0v) is 29.0. The van der Waals surface area contributed by atoms with Gasteiger partial charge < -0.3 is 18.6 Å². The molecule has 46 heavy (non-hydrogen) atoms. The van der Waals surface area contributed by atoms with Gasteiger partial charge in [-0.05, 0) is 71.8 Å². The van der Waals surface area contributed by atoms with Crippen LogP contribution in [0.5, 0.6) is 0 Å². The molecule has 2 amide bonds. The Hall–Kier alpha value is -3.62. The second-order valence-corrected chi connectivity index (χ2v) is 14.3. The highest BCUT2D eigenvalue weighted by Crippen LogP contribution is 2.49. The molecule has 0 bridgehead atoms. The molecule has 0 spiro atoms. The van der Waals surface area contributed by atoms with Crippen LogP contribution in [0.3, 0.4) is 0 Å². The monoisotopic (exact) mass is 656 g/mol. The topological polar surface area (TPSA) is 66.9 Å². The number of amides is 2. The standard InChI is InChI=1S/C38H44N2O4S2/c1-5-9-13-25(7-3)23-39-35(29-19-17-27(43-29)31-15-11-21-45-31)33-34(37(39)41)36(30-20-18-28(44-30)32-16-12-22-46-32)40(38(33)42)24-26(8-4)14-10-6-2/h11-12,15-22,25-26H,5-10,13-14,23-24H2,1-4H3. The molecule has 2 unspecified atom stereocenters. The van der Waals surface area contributed by atoms with Crippen LogP contribution in [0, 0.1) is 11.8 Å². The third-order valence-corrected chi connectivity index (χ3v) is 11.1. The molecule has 0 fully saturated rings. The van der Waals surface area contributed by atoms with Crippen LogP contribution in [-0.4, -0.2) is 34.7 Å². The second kappa shape index (κ2) is 14.4. The highest BCUT2D eigenvalue weighted by molar-refractivity contribution is 7.13. The molecule has 2 aliphatic rings. The van der Waals surface area contributed by atoms with Crippen LogP contribution in [0.4, 0.5) is 0 Å². The van der Waals surface area contributed by atoms with E-state index in [1.165, 1.54) is 0 Å². The van der Waals surface area contributed by atoms with E-state index in [1.807, 2.05) is 69.1 Å². The number of furan rings is 2. The molecule has 2 atom stereocenters. The lowest BCUT2D eigenvalue weighted by molar-refractivity contribution is -0.124. The second-order valence-electron chi connectivity index (χ2n) is 12.4. The molecule has 0 saturated carbocycles. The molecular weight excluding hydrogens is 613 g/mol. The molecule has 0 saturated heterocycles. The van der Waals surface area contributed by atoms with Crippen molar-refractivity contribution in [2.45, 2.75) is 79.1 Å². The van der Waals surface area contributed by atoms with Gasteiger partial charge in [-0.3, -0.25) is 9.59 Å². The largest absolute Gasteiger partial charge is 0.454 e. The van der Waals surface area contributed by atoms with Crippen LogP contribution in [0.25, 0.3) is 32.7 Å². The minimum Gasteiger partial charge on any atom is -0.454 e. The van der Waals surface area contributed by atoms with Gasteiger partial charge in [0.1, 0.15) is 22.9 Å². The van der Waals surface area contributed by atoms with Crippen LogP contribution in [0.2, 0.25) is 0 Å². The van der Waals surface area contributed by atoms with E-state index in [0.29, 0.717) is 59.0 Å². The molecule has 2 aliphatic heterocycles. The number of thiophene rings is 2. The summed E-state index contributed by atoms with van der Waals surface area (Å²) in [7, 11) is 0. The quantitative estimate of drug-likeness (QED) is 0.120. The van der Waals surface area contributed by atoms with Crippen molar-refractivity contribution in [3.8, 4) is 21.3 Å². The summed E-state index contributed by atoms with van der Waals surface area (Å²) in [6.07, 6.45) is 8.37. The van der Waals surface area contributed by atoms with Gasteiger partial charge in [-0.2, -0.15) is 0 Å². The summed E-state index contributed by atoms with van der Waals surface area (Å²) >= 11 is 3.21. The van der Waals surface area contributed by atoms with Gasteiger partial charge in [0.2, 0.25) is 0 Å². The summed E-state index contributed by atoms with van der Waals surface area (Å²) in [6, 6.07) is 15.8. The highest BCUT2D eigenvalue weighted by Gasteiger charge is 2.51. The molecular formula is C38H44N2O4S2. The molecule has 6 nitrogen and oxygen atoms in total. The van der Waals surface area contributed by atoms with Crippen LogP contribution in [-0.2, 0) is 9.59 Å². The summed E-state index contributed by atoms with van der Waals surface area (Å²) in [4.78, 5) is 35.2. The van der Waals surface area contributed by atoms with Crippen molar-refractivity contribution in [2.24, 2.45) is 11.8 Å². The van der Waals surface area contributed by atoms with E-state index in [9.17, 15) is 9.59 Å². The first kappa shape index (κ1) is 32.3. The maximum atomic E-state index is 14.7. The van der Waals surface area contributed by atoms with E-state index in [1.54, 1.807) is 22.7 Å². The van der Waals surface area contributed by atoms with Gasteiger partial charge in [-0.25, -0.2) is 0 Å². The van der Waals surface area contributed by atoms with E-state index >= 15 is 0 Å². The molecule has 6 rings (SSSR count). The first-order valence-corrected chi connectivity index (χ1v) is 18.7. The third-order valence-electron chi connectivity index (χ3n) is 9.36. The average molecular weight is 657 g/mol. The summed E-state index contributed by atoms with van der Waals surface area (Å²) in [5.41, 5.74) is 2.07. The fourth-order valence-corrected chi connectivity index (χ4v) is 8.01. The Labute approximate surface area is 280 Å². The molecule has 0 aliphatic carbocycles. The lowest BCUT2D eigenvalue weighted by Gasteiger charge is -2.28. The maximum Gasteiger partial charge on any atom is 0.261 e. The number of unbranched alkanes of at least 4 members (excludes halogenated alkanes) is 2. The zero-order valence-electron chi connectivity index (χ0n) is 27.3. The Morgan fingerprint density at radius 1 is 0.609 bits per heavy atom. The Morgan fingerprint density at radius 3 is 1.37 bits per heavy atom. The fourth-order valence-electron chi connectivity index (χ4n) is 6.64. The van der Waals surface area contributed by atoms with E-state index in [0.717, 1.165) is 72.6 Å². The normalized spacial score (nSPS) is 16.3. The Balaban J connectivity index is 1.51. The number of rotatable bonds is 16. The predicted molar refractivity (Wildman–Crippen MR) is 188 cm³/mol. The van der Waals surface area contributed by atoms with Gasteiger partial charge in [0.15, 0.2) is 11.5 Å². The van der Waals surface area contributed by atoms with E-state index < -0.39 is 0 Å². The van der Waals surface area contributed by atoms with Crippen molar-refractivity contribution in [1.82, 2.24) is 9.80 Å². The number of nitrogens with zero attached hydrogens (tertiary/aromatic N) is 2. The van der Waals surface area contributed by atoms with Crippen molar-refractivity contribution in [2.75, 3.05) is 13.1 Å². The minimum absolute atomic E-state index is 0.143. The number of carbonyl (C=O) groups excluding carboxylic acids is 2. The molecule has 8 heteroatoms. The van der Waals surface area contributed by atoms with Crippen LogP contribution >= 0.6 is 22.7 Å². The number of hydrogen-bond donors (Lipinski definition) is 0. The van der Waals surface area contributed by atoms with Crippen molar-refractivity contribution in [3.63, 3.8) is 0 Å². The van der Waals surface area contributed by atoms with Gasteiger partial charge in [0, 0.05) is 13.1 Å². The Bertz CT molecular complexity index is 1580. The molecule has 4 aromatic heterocycles. The number of carbonyl (C=O) groups is 2. The van der Waals surface area contributed by atoms with Gasteiger partial charge >= 0.3 is 0 Å². The van der Waals surface area contributed by atoms with Crippen molar-refractivity contribution >= 4 is 45.9 Å². The van der Waals surface area contributed by atoms with Crippen LogP contribution < -0.4 is 0 Å². The first-order chi connectivity index (χ1) is 22.5. The van der Waals surface area contributed by atoms with Gasteiger partial charge in [0.05, 0.1) is 20.9 Å². The van der Waals surface area contributed by atoms with E-state index in [-0.39, 0.29) is 11.8 Å². The summed E-state index contributed by atoms with van der Waals surface area (Å²) in [5, 5.41) is 4.04. The lowest BCUT2D eigenvalue weighted by Crippen LogP contribution is -2.34. The van der Waals surface area contributed by atoms with Crippen molar-refractivity contribution < 1.29 is 18.4 Å². The minimum atomic E-state index is -0.143. The zero-order chi connectivity index (χ0) is 32.2. The smallest absolute Gasteiger partial charge is 0.261 e. The molecule has 0 N–H and O–H groups in total. The van der Waals surface area contributed by atoms with Crippen LogP contribution in [0.1, 0.15) is 90.6 Å². The average Bonchev–Trinajstić information content (AvgIpc) is 3.91. The number of hydrogen-bond acceptors (Lipinski definition) is 6.